The number of nitrogens with zero attached hydrogens (tertiary/aromatic N) is 4. The van der Waals surface area contributed by atoms with Gasteiger partial charge in [-0.25, -0.2) is 19.9 Å². The van der Waals surface area contributed by atoms with Crippen LogP contribution in [0.3, 0.4) is 0 Å². The molecule has 3 N–H and O–H groups in total. The summed E-state index contributed by atoms with van der Waals surface area (Å²) in [6, 6.07) is 64.9. The van der Waals surface area contributed by atoms with Crippen molar-refractivity contribution in [1.82, 2.24) is 19.9 Å². The number of benzene rings is 8. The first kappa shape index (κ1) is 47.1. The number of carbonyl (C=O) groups is 2. The lowest BCUT2D eigenvalue weighted by Crippen LogP contribution is -2.07. The second-order valence-electron chi connectivity index (χ2n) is 15.2. The molecule has 10 aromatic rings. The summed E-state index contributed by atoms with van der Waals surface area (Å²) >= 11 is 4.71. The van der Waals surface area contributed by atoms with E-state index in [0.717, 1.165) is 95.0 Å². The maximum atomic E-state index is 11.8. The van der Waals surface area contributed by atoms with Gasteiger partial charge in [0.2, 0.25) is 11.1 Å². The van der Waals surface area contributed by atoms with E-state index >= 15 is 0 Å². The van der Waals surface area contributed by atoms with Crippen LogP contribution in [0.5, 0.6) is 0 Å². The summed E-state index contributed by atoms with van der Waals surface area (Å²) in [7, 11) is 0. The Morgan fingerprint density at radius 1 is 0.471 bits per heavy atom. The van der Waals surface area contributed by atoms with Crippen LogP contribution < -0.4 is 11.1 Å². The lowest BCUT2D eigenvalue weighted by molar-refractivity contribution is -0.112. The Hall–Kier alpha value is -8.85. The highest BCUT2D eigenvalue weighted by atomic mass is 35.5. The van der Waals surface area contributed by atoms with Crippen molar-refractivity contribution < 1.29 is 9.59 Å². The molecule has 2 heterocycles. The first-order valence-electron chi connectivity index (χ1n) is 21.3. The molecule has 0 atom stereocenters. The average molecular weight is 908 g/mol. The normalized spacial score (nSPS) is 10.3. The molecule has 0 saturated heterocycles. The number of halogens is 1. The molecule has 0 spiro atoms. The monoisotopic (exact) mass is 906 g/mol. The third kappa shape index (κ3) is 11.5. The fourth-order valence-electron chi connectivity index (χ4n) is 7.44. The number of nitrogens with two attached hydrogens (primary N) is 1. The highest BCUT2D eigenvalue weighted by molar-refractivity contribution is 6.66. The Labute approximate surface area is 401 Å². The SMILES string of the molecule is C.C=CC(=O)Cl.C=CC(=O)Nc1cccc(-c2cc(-c3ccccc3)cc3cnc(-c4ccccc4)nc23)c1.Nc1cccc(-c2cc(-c3ccccc3)cc3cnc(-c4ccccc4)nc23)c1. The molecular weight excluding hydrogens is 860 g/mol. The van der Waals surface area contributed by atoms with Crippen molar-refractivity contribution in [3.8, 4) is 67.3 Å². The fraction of sp³-hybridized carbons (Fsp3) is 0.0169. The number of nitrogen functional groups attached to an aromatic ring is 1. The van der Waals surface area contributed by atoms with Gasteiger partial charge in [0, 0.05) is 56.8 Å². The van der Waals surface area contributed by atoms with E-state index in [2.05, 4.69) is 95.2 Å². The molecule has 0 aliphatic rings. The minimum absolute atomic E-state index is 0. The first-order valence-corrected chi connectivity index (χ1v) is 21.7. The summed E-state index contributed by atoms with van der Waals surface area (Å²) in [5.74, 6) is 1.15. The largest absolute Gasteiger partial charge is 0.399 e. The number of rotatable bonds is 9. The quantitative estimate of drug-likeness (QED) is 0.0839. The number of anilines is 2. The Kier molecular flexibility index (Phi) is 15.5. The fourth-order valence-corrected chi connectivity index (χ4v) is 7.44. The second-order valence-corrected chi connectivity index (χ2v) is 15.6. The predicted molar refractivity (Wildman–Crippen MR) is 283 cm³/mol. The number of carbonyl (C=O) groups excluding carboxylic acids is 2. The zero-order valence-corrected chi connectivity index (χ0v) is 37.0. The Balaban J connectivity index is 0.000000182. The molecular formula is C59H47ClN6O2. The molecule has 2 aromatic heterocycles. The predicted octanol–water partition coefficient (Wildman–Crippen LogP) is 14.5. The van der Waals surface area contributed by atoms with Gasteiger partial charge in [0.25, 0.3) is 0 Å². The van der Waals surface area contributed by atoms with Crippen LogP contribution in [0, 0.1) is 0 Å². The smallest absolute Gasteiger partial charge is 0.247 e. The number of allylic oxidation sites excluding steroid dienone is 1. The molecule has 1 amide bonds. The van der Waals surface area contributed by atoms with Gasteiger partial charge in [-0.15, -0.1) is 0 Å². The summed E-state index contributed by atoms with van der Waals surface area (Å²) in [4.78, 5) is 40.4. The van der Waals surface area contributed by atoms with E-state index in [1.54, 1.807) is 0 Å². The molecule has 0 saturated carbocycles. The zero-order chi connectivity index (χ0) is 46.5. The van der Waals surface area contributed by atoms with E-state index in [9.17, 15) is 9.59 Å². The number of amides is 1. The zero-order valence-electron chi connectivity index (χ0n) is 36.3. The Morgan fingerprint density at radius 3 is 1.28 bits per heavy atom. The number of hydrogen-bond acceptors (Lipinski definition) is 7. The highest BCUT2D eigenvalue weighted by Gasteiger charge is 2.15. The van der Waals surface area contributed by atoms with E-state index < -0.39 is 5.24 Å². The number of aromatic nitrogens is 4. The standard InChI is InChI=1S/C29H21N3O.C26H19N3.C3H3ClO.CH4/c1-2-27(33)31-25-15-9-14-22(17-25)26-18-23(20-10-5-3-6-11-20)16-24-19-30-29(32-28(24)26)21-12-7-4-8-13-21;27-23-13-7-12-20(15-23)24-16-21(18-8-3-1-4-9-18)14-22-17-28-26(29-25(22)24)19-10-5-2-6-11-19;1-2-3(4)5;/h2-19H,1H2,(H,31,33);1-17H,27H2;2H,1H2;1H4. The Bertz CT molecular complexity index is 3370. The van der Waals surface area contributed by atoms with Crippen molar-refractivity contribution in [2.45, 2.75) is 7.43 Å². The molecule has 0 aliphatic heterocycles. The van der Waals surface area contributed by atoms with Crippen molar-refractivity contribution in [3.05, 3.63) is 232 Å². The van der Waals surface area contributed by atoms with Crippen molar-refractivity contribution in [2.75, 3.05) is 11.1 Å². The van der Waals surface area contributed by atoms with Gasteiger partial charge in [0.1, 0.15) is 0 Å². The van der Waals surface area contributed by atoms with E-state index in [-0.39, 0.29) is 13.3 Å². The molecule has 0 aliphatic carbocycles. The van der Waals surface area contributed by atoms with Gasteiger partial charge in [0.05, 0.1) is 11.0 Å². The van der Waals surface area contributed by atoms with E-state index in [4.69, 9.17) is 27.3 Å². The highest BCUT2D eigenvalue weighted by Crippen LogP contribution is 2.36. The van der Waals surface area contributed by atoms with Gasteiger partial charge < -0.3 is 11.1 Å². The molecule has 68 heavy (non-hydrogen) atoms. The molecule has 332 valence electrons. The second kappa shape index (κ2) is 22.4. The molecule has 0 fully saturated rings. The number of nitrogens with one attached hydrogen (secondary N) is 1. The van der Waals surface area contributed by atoms with Crippen LogP contribution >= 0.6 is 11.6 Å². The van der Waals surface area contributed by atoms with Gasteiger partial charge in [0.15, 0.2) is 11.6 Å². The lowest BCUT2D eigenvalue weighted by atomic mass is 9.95. The topological polar surface area (TPSA) is 124 Å². The minimum Gasteiger partial charge on any atom is -0.399 e. The maximum absolute atomic E-state index is 11.8. The third-order valence-electron chi connectivity index (χ3n) is 10.6. The van der Waals surface area contributed by atoms with Crippen LogP contribution in [0.4, 0.5) is 11.4 Å². The van der Waals surface area contributed by atoms with Crippen LogP contribution in [0.2, 0.25) is 0 Å². The van der Waals surface area contributed by atoms with Gasteiger partial charge in [-0.2, -0.15) is 0 Å². The van der Waals surface area contributed by atoms with Crippen molar-refractivity contribution in [2.24, 2.45) is 0 Å². The molecule has 8 aromatic carbocycles. The summed E-state index contributed by atoms with van der Waals surface area (Å²) in [5.41, 5.74) is 19.8. The van der Waals surface area contributed by atoms with Gasteiger partial charge in [-0.05, 0) is 106 Å². The molecule has 0 radical (unpaired) electrons. The first-order chi connectivity index (χ1) is 32.8. The minimum atomic E-state index is -0.509. The summed E-state index contributed by atoms with van der Waals surface area (Å²) in [6.07, 6.45) is 6.09. The van der Waals surface area contributed by atoms with Gasteiger partial charge in [-0.3, -0.25) is 9.59 Å². The third-order valence-corrected chi connectivity index (χ3v) is 10.8. The molecule has 10 rings (SSSR count). The van der Waals surface area contributed by atoms with E-state index in [1.165, 1.54) is 6.08 Å². The van der Waals surface area contributed by atoms with Crippen LogP contribution in [0.25, 0.3) is 89.1 Å². The average Bonchev–Trinajstić information content (AvgIpc) is 3.39. The van der Waals surface area contributed by atoms with Crippen LogP contribution in [-0.2, 0) is 9.59 Å². The summed E-state index contributed by atoms with van der Waals surface area (Å²) in [6.45, 7) is 6.61. The van der Waals surface area contributed by atoms with E-state index in [0.29, 0.717) is 11.5 Å². The molecule has 9 heteroatoms. The van der Waals surface area contributed by atoms with Crippen molar-refractivity contribution >= 4 is 55.9 Å². The van der Waals surface area contributed by atoms with Gasteiger partial charge in [-0.1, -0.05) is 166 Å². The lowest BCUT2D eigenvalue weighted by Gasteiger charge is -2.13. The Morgan fingerprint density at radius 2 is 0.868 bits per heavy atom. The molecule has 0 bridgehead atoms. The molecule has 8 nitrogen and oxygen atoms in total. The molecule has 0 unspecified atom stereocenters. The summed E-state index contributed by atoms with van der Waals surface area (Å²) < 4.78 is 0. The van der Waals surface area contributed by atoms with Gasteiger partial charge >= 0.3 is 0 Å². The van der Waals surface area contributed by atoms with Crippen LogP contribution in [-0.4, -0.2) is 31.1 Å². The van der Waals surface area contributed by atoms with Crippen molar-refractivity contribution in [1.29, 1.82) is 0 Å². The number of fused-ring (bicyclic) bond motifs is 2. The van der Waals surface area contributed by atoms with Crippen LogP contribution in [0.1, 0.15) is 7.43 Å². The maximum Gasteiger partial charge on any atom is 0.247 e. The van der Waals surface area contributed by atoms with Crippen molar-refractivity contribution in [3.63, 3.8) is 0 Å². The van der Waals surface area contributed by atoms with Crippen LogP contribution in [0.15, 0.2) is 232 Å². The summed E-state index contributed by atoms with van der Waals surface area (Å²) in [5, 5.41) is 4.29. The number of hydrogen-bond donors (Lipinski definition) is 2. The van der Waals surface area contributed by atoms with E-state index in [1.807, 2.05) is 140 Å².